The summed E-state index contributed by atoms with van der Waals surface area (Å²) >= 11 is 0. The topological polar surface area (TPSA) is 66.1 Å². The molecule has 1 N–H and O–H groups in total. The van der Waals surface area contributed by atoms with Gasteiger partial charge in [0.15, 0.2) is 0 Å². The van der Waals surface area contributed by atoms with Gasteiger partial charge in [0, 0.05) is 31.4 Å². The summed E-state index contributed by atoms with van der Waals surface area (Å²) in [5.41, 5.74) is 1.77. The molecule has 0 unspecified atom stereocenters. The zero-order valence-corrected chi connectivity index (χ0v) is 13.7. The van der Waals surface area contributed by atoms with Gasteiger partial charge >= 0.3 is 0 Å². The molecule has 1 saturated heterocycles. The lowest BCUT2D eigenvalue weighted by atomic mass is 9.98. The number of piperidine rings is 1. The molecule has 0 spiro atoms. The third kappa shape index (κ3) is 2.80. The average molecular weight is 319 g/mol. The highest BCUT2D eigenvalue weighted by Gasteiger charge is 2.31. The second-order valence-corrected chi connectivity index (χ2v) is 7.83. The Morgan fingerprint density at radius 2 is 1.95 bits per heavy atom. The predicted molar refractivity (Wildman–Crippen MR) is 85.2 cm³/mol. The first-order valence-corrected chi connectivity index (χ1v) is 8.99. The number of nitrogens with one attached hydrogen (secondary N) is 1. The van der Waals surface area contributed by atoms with Crippen molar-refractivity contribution < 1.29 is 8.42 Å². The van der Waals surface area contributed by atoms with Crippen LogP contribution in [0.25, 0.3) is 0 Å². The summed E-state index contributed by atoms with van der Waals surface area (Å²) in [6, 6.07) is 5.58. The minimum Gasteiger partial charge on any atom is -0.348 e. The Hall–Kier alpha value is -1.66. The molecule has 1 aliphatic heterocycles. The van der Waals surface area contributed by atoms with E-state index in [1.807, 2.05) is 32.2 Å². The van der Waals surface area contributed by atoms with E-state index in [1.165, 1.54) is 0 Å². The lowest BCUT2D eigenvalue weighted by molar-refractivity contribution is 0.314. The Bertz CT molecular complexity index is 746. The van der Waals surface area contributed by atoms with E-state index in [2.05, 4.69) is 9.97 Å². The molecule has 0 atom stereocenters. The molecule has 1 aromatic heterocycles. The van der Waals surface area contributed by atoms with Crippen LogP contribution in [0.1, 0.15) is 35.7 Å². The molecule has 22 heavy (non-hydrogen) atoms. The molecule has 2 heterocycles. The highest BCUT2D eigenvalue weighted by molar-refractivity contribution is 7.89. The molecule has 1 aliphatic rings. The Labute approximate surface area is 131 Å². The van der Waals surface area contributed by atoms with Crippen molar-refractivity contribution in [1.29, 1.82) is 0 Å². The van der Waals surface area contributed by atoms with Crippen molar-refractivity contribution in [3.63, 3.8) is 0 Å². The van der Waals surface area contributed by atoms with Crippen molar-refractivity contribution in [2.75, 3.05) is 13.1 Å². The van der Waals surface area contributed by atoms with Gasteiger partial charge in [-0.15, -0.1) is 0 Å². The monoisotopic (exact) mass is 319 g/mol. The molecule has 0 aliphatic carbocycles. The van der Waals surface area contributed by atoms with Crippen LogP contribution in [-0.2, 0) is 10.0 Å². The van der Waals surface area contributed by atoms with Crippen molar-refractivity contribution in [3.8, 4) is 0 Å². The lowest BCUT2D eigenvalue weighted by Gasteiger charge is -2.30. The number of hydrogen-bond donors (Lipinski definition) is 1. The summed E-state index contributed by atoms with van der Waals surface area (Å²) in [6.45, 7) is 4.85. The number of H-pyrrole nitrogens is 1. The first kappa shape index (κ1) is 15.2. The number of rotatable bonds is 3. The van der Waals surface area contributed by atoms with Crippen molar-refractivity contribution in [2.24, 2.45) is 0 Å². The van der Waals surface area contributed by atoms with Crippen LogP contribution in [0.15, 0.2) is 35.5 Å². The van der Waals surface area contributed by atoms with Crippen molar-refractivity contribution in [2.45, 2.75) is 37.5 Å². The van der Waals surface area contributed by atoms with Crippen LogP contribution in [0.5, 0.6) is 0 Å². The van der Waals surface area contributed by atoms with Gasteiger partial charge in [-0.25, -0.2) is 13.4 Å². The van der Waals surface area contributed by atoms with Crippen LogP contribution in [0.4, 0.5) is 0 Å². The molecule has 0 saturated carbocycles. The van der Waals surface area contributed by atoms with Gasteiger partial charge in [-0.1, -0.05) is 12.1 Å². The smallest absolute Gasteiger partial charge is 0.243 e. The van der Waals surface area contributed by atoms with Crippen molar-refractivity contribution in [1.82, 2.24) is 14.3 Å². The maximum Gasteiger partial charge on any atom is 0.243 e. The van der Waals surface area contributed by atoms with Crippen molar-refractivity contribution in [3.05, 3.63) is 47.5 Å². The summed E-state index contributed by atoms with van der Waals surface area (Å²) in [4.78, 5) is 7.85. The van der Waals surface area contributed by atoms with Crippen molar-refractivity contribution >= 4 is 10.0 Å². The first-order valence-electron chi connectivity index (χ1n) is 7.55. The lowest BCUT2D eigenvalue weighted by Crippen LogP contribution is -2.38. The van der Waals surface area contributed by atoms with Gasteiger partial charge in [0.25, 0.3) is 0 Å². The van der Waals surface area contributed by atoms with Crippen LogP contribution in [0.2, 0.25) is 0 Å². The van der Waals surface area contributed by atoms with E-state index in [4.69, 9.17) is 0 Å². The van der Waals surface area contributed by atoms with E-state index >= 15 is 0 Å². The van der Waals surface area contributed by atoms with Gasteiger partial charge in [0.2, 0.25) is 10.0 Å². The quantitative estimate of drug-likeness (QED) is 0.945. The molecule has 1 aromatic carbocycles. The van der Waals surface area contributed by atoms with Gasteiger partial charge in [0.05, 0.1) is 4.90 Å². The van der Waals surface area contributed by atoms with Crippen LogP contribution in [0, 0.1) is 13.8 Å². The molecule has 3 rings (SSSR count). The number of hydrogen-bond acceptors (Lipinski definition) is 3. The Balaban J connectivity index is 1.79. The minimum atomic E-state index is -3.40. The predicted octanol–water partition coefficient (Wildman–Crippen LogP) is 2.59. The highest BCUT2D eigenvalue weighted by atomic mass is 32.2. The zero-order valence-electron chi connectivity index (χ0n) is 12.9. The van der Waals surface area contributed by atoms with Crippen LogP contribution in [0.3, 0.4) is 0 Å². The summed E-state index contributed by atoms with van der Waals surface area (Å²) in [7, 11) is -3.40. The zero-order chi connectivity index (χ0) is 15.7. The number of imidazole rings is 1. The number of aryl methyl sites for hydroxylation is 2. The maximum atomic E-state index is 12.9. The van der Waals surface area contributed by atoms with E-state index in [0.29, 0.717) is 23.9 Å². The molecule has 5 nitrogen and oxygen atoms in total. The molecule has 1 fully saturated rings. The molecular formula is C16H21N3O2S. The van der Waals surface area contributed by atoms with E-state index in [9.17, 15) is 8.42 Å². The maximum absolute atomic E-state index is 12.9. The average Bonchev–Trinajstić information content (AvgIpc) is 3.04. The summed E-state index contributed by atoms with van der Waals surface area (Å²) in [6.07, 6.45) is 5.17. The fourth-order valence-electron chi connectivity index (χ4n) is 2.99. The molecule has 0 bridgehead atoms. The van der Waals surface area contributed by atoms with E-state index < -0.39 is 10.0 Å². The number of nitrogens with zero attached hydrogens (tertiary/aromatic N) is 2. The number of aromatic amines is 1. The molecule has 0 radical (unpaired) electrons. The Morgan fingerprint density at radius 3 is 2.59 bits per heavy atom. The van der Waals surface area contributed by atoms with E-state index in [-0.39, 0.29) is 0 Å². The summed E-state index contributed by atoms with van der Waals surface area (Å²) in [5.74, 6) is 1.28. The number of aromatic nitrogens is 2. The van der Waals surface area contributed by atoms with Gasteiger partial charge in [-0.3, -0.25) is 0 Å². The Morgan fingerprint density at radius 1 is 1.23 bits per heavy atom. The normalized spacial score (nSPS) is 17.7. The second-order valence-electron chi connectivity index (χ2n) is 5.92. The SMILES string of the molecule is Cc1ccc(C)c(S(=O)(=O)N2CCC(c3ncc[nH]3)CC2)c1. The molecule has 6 heteroatoms. The molecular weight excluding hydrogens is 298 g/mol. The van der Waals surface area contributed by atoms with E-state index in [1.54, 1.807) is 16.6 Å². The minimum absolute atomic E-state index is 0.319. The van der Waals surface area contributed by atoms with E-state index in [0.717, 1.165) is 29.8 Å². The van der Waals surface area contributed by atoms with Gasteiger partial charge < -0.3 is 4.98 Å². The largest absolute Gasteiger partial charge is 0.348 e. The first-order chi connectivity index (χ1) is 10.5. The Kier molecular flexibility index (Phi) is 4.06. The van der Waals surface area contributed by atoms with Gasteiger partial charge in [0.1, 0.15) is 5.82 Å². The summed E-state index contributed by atoms with van der Waals surface area (Å²) < 4.78 is 27.3. The van der Waals surface area contributed by atoms with Gasteiger partial charge in [-0.2, -0.15) is 4.31 Å². The third-order valence-electron chi connectivity index (χ3n) is 4.32. The standard InChI is InChI=1S/C16H21N3O2S/c1-12-3-4-13(2)15(11-12)22(20,21)19-9-5-14(6-10-19)16-17-7-8-18-16/h3-4,7-8,11,14H,5-6,9-10H2,1-2H3,(H,17,18). The highest BCUT2D eigenvalue weighted by Crippen LogP contribution is 2.30. The van der Waals surface area contributed by atoms with Crippen LogP contribution >= 0.6 is 0 Å². The number of sulfonamides is 1. The summed E-state index contributed by atoms with van der Waals surface area (Å²) in [5, 5.41) is 0. The van der Waals surface area contributed by atoms with Crippen LogP contribution in [-0.4, -0.2) is 35.8 Å². The molecule has 2 aromatic rings. The second kappa shape index (κ2) is 5.85. The van der Waals surface area contributed by atoms with Crippen LogP contribution < -0.4 is 0 Å². The third-order valence-corrected chi connectivity index (χ3v) is 6.36. The van der Waals surface area contributed by atoms with Gasteiger partial charge in [-0.05, 0) is 43.9 Å². The number of benzene rings is 1. The fraction of sp³-hybridized carbons (Fsp3) is 0.438. The fourth-order valence-corrected chi connectivity index (χ4v) is 4.77. The molecule has 118 valence electrons. The molecule has 0 amide bonds.